The molecule has 0 rings (SSSR count). The summed E-state index contributed by atoms with van der Waals surface area (Å²) in [4.78, 5) is 10.7. The highest BCUT2D eigenvalue weighted by atomic mass is 16.5. The van der Waals surface area contributed by atoms with Crippen molar-refractivity contribution in [2.75, 3.05) is 7.11 Å². The number of esters is 1. The Balaban J connectivity index is 4.14. The third-order valence-electron chi connectivity index (χ3n) is 1.43. The third kappa shape index (κ3) is 4.56. The maximum Gasteiger partial charge on any atom is 0.330 e. The van der Waals surface area contributed by atoms with Gasteiger partial charge in [-0.3, -0.25) is 0 Å². The van der Waals surface area contributed by atoms with Gasteiger partial charge in [-0.05, 0) is 5.41 Å². The first-order chi connectivity index (χ1) is 5.52. The Hall–Kier alpha value is -1.23. The summed E-state index contributed by atoms with van der Waals surface area (Å²) in [5, 5.41) is 0. The molecule has 2 nitrogen and oxygen atoms in total. The van der Waals surface area contributed by atoms with Gasteiger partial charge in [0.15, 0.2) is 0 Å². The predicted octanol–water partition coefficient (Wildman–Crippen LogP) is 1.77. The van der Waals surface area contributed by atoms with Crippen LogP contribution in [0, 0.1) is 17.8 Å². The number of carbonyl (C=O) groups is 1. The second kappa shape index (κ2) is 4.61. The van der Waals surface area contributed by atoms with Crippen LogP contribution < -0.4 is 0 Å². The van der Waals surface area contributed by atoms with Gasteiger partial charge >= 0.3 is 5.97 Å². The van der Waals surface area contributed by atoms with E-state index in [2.05, 4.69) is 10.7 Å². The number of terminal acetylenes is 1. The number of carbonyl (C=O) groups excluding carboxylic acids is 1. The molecule has 0 aliphatic carbocycles. The molecule has 0 saturated heterocycles. The largest absolute Gasteiger partial charge is 0.466 e. The number of methoxy groups -OCH3 is 1. The summed E-state index contributed by atoms with van der Waals surface area (Å²) in [5.41, 5.74) is -0.136. The fourth-order valence-electron chi connectivity index (χ4n) is 0.684. The number of ether oxygens (including phenoxy) is 1. The van der Waals surface area contributed by atoms with Crippen molar-refractivity contribution in [3.63, 3.8) is 0 Å². The Bertz CT molecular complexity index is 218. The molecular formula is C10H14O2. The molecule has 12 heavy (non-hydrogen) atoms. The lowest BCUT2D eigenvalue weighted by atomic mass is 9.89. The first-order valence-corrected chi connectivity index (χ1v) is 3.72. The second-order valence-electron chi connectivity index (χ2n) is 3.23. The van der Waals surface area contributed by atoms with Crippen molar-refractivity contribution < 1.29 is 9.53 Å². The topological polar surface area (TPSA) is 26.3 Å². The van der Waals surface area contributed by atoms with Crippen molar-refractivity contribution in [2.24, 2.45) is 5.41 Å². The van der Waals surface area contributed by atoms with Crippen molar-refractivity contribution in [1.29, 1.82) is 0 Å². The molecule has 2 heteroatoms. The molecule has 0 N–H and O–H groups in total. The Kier molecular flexibility index (Phi) is 4.14. The molecule has 0 radical (unpaired) electrons. The van der Waals surface area contributed by atoms with Gasteiger partial charge in [-0.25, -0.2) is 4.79 Å². The smallest absolute Gasteiger partial charge is 0.330 e. The Morgan fingerprint density at radius 3 is 2.67 bits per heavy atom. The summed E-state index contributed by atoms with van der Waals surface area (Å²) in [7, 11) is 1.35. The van der Waals surface area contributed by atoms with E-state index in [9.17, 15) is 4.79 Å². The SMILES string of the molecule is C#CCC(C)(C)/C=C/C(=O)OC. The van der Waals surface area contributed by atoms with Crippen LogP contribution in [0.25, 0.3) is 0 Å². The lowest BCUT2D eigenvalue weighted by Crippen LogP contribution is -2.07. The molecule has 0 aromatic carbocycles. The molecule has 0 atom stereocenters. The minimum absolute atomic E-state index is 0.136. The summed E-state index contributed by atoms with van der Waals surface area (Å²) in [6.07, 6.45) is 8.93. The molecule has 0 unspecified atom stereocenters. The van der Waals surface area contributed by atoms with Crippen molar-refractivity contribution in [2.45, 2.75) is 20.3 Å². The number of rotatable bonds is 3. The van der Waals surface area contributed by atoms with Crippen LogP contribution in [0.1, 0.15) is 20.3 Å². The highest BCUT2D eigenvalue weighted by Crippen LogP contribution is 2.20. The highest BCUT2D eigenvalue weighted by molar-refractivity contribution is 5.81. The molecular weight excluding hydrogens is 152 g/mol. The minimum atomic E-state index is -0.347. The fraction of sp³-hybridized carbons (Fsp3) is 0.500. The van der Waals surface area contributed by atoms with Crippen LogP contribution >= 0.6 is 0 Å². The van der Waals surface area contributed by atoms with E-state index in [4.69, 9.17) is 6.42 Å². The van der Waals surface area contributed by atoms with Gasteiger partial charge in [-0.15, -0.1) is 12.3 Å². The van der Waals surface area contributed by atoms with Gasteiger partial charge in [0.05, 0.1) is 7.11 Å². The number of hydrogen-bond donors (Lipinski definition) is 0. The lowest BCUT2D eigenvalue weighted by molar-refractivity contribution is -0.134. The standard InChI is InChI=1S/C10H14O2/c1-5-7-10(2,3)8-6-9(11)12-4/h1,6,8H,7H2,2-4H3/b8-6+. The quantitative estimate of drug-likeness (QED) is 0.363. The summed E-state index contributed by atoms with van der Waals surface area (Å²) in [6.45, 7) is 3.93. The van der Waals surface area contributed by atoms with Crippen LogP contribution in [-0.2, 0) is 9.53 Å². The van der Waals surface area contributed by atoms with E-state index in [-0.39, 0.29) is 11.4 Å². The van der Waals surface area contributed by atoms with Crippen LogP contribution in [0.5, 0.6) is 0 Å². The monoisotopic (exact) mass is 166 g/mol. The Morgan fingerprint density at radius 2 is 2.25 bits per heavy atom. The Labute approximate surface area is 73.6 Å². The molecule has 0 fully saturated rings. The molecule has 0 saturated carbocycles. The minimum Gasteiger partial charge on any atom is -0.466 e. The van der Waals surface area contributed by atoms with Gasteiger partial charge in [0.2, 0.25) is 0 Å². The van der Waals surface area contributed by atoms with E-state index in [1.807, 2.05) is 13.8 Å². The van der Waals surface area contributed by atoms with Gasteiger partial charge < -0.3 is 4.74 Å². The molecule has 0 aliphatic rings. The van der Waals surface area contributed by atoms with Gasteiger partial charge in [-0.2, -0.15) is 0 Å². The summed E-state index contributed by atoms with van der Waals surface area (Å²) in [5.74, 6) is 2.20. The average Bonchev–Trinajstić information content (AvgIpc) is 2.00. The zero-order valence-electron chi connectivity index (χ0n) is 7.76. The summed E-state index contributed by atoms with van der Waals surface area (Å²) < 4.78 is 4.45. The average molecular weight is 166 g/mol. The summed E-state index contributed by atoms with van der Waals surface area (Å²) in [6, 6.07) is 0. The summed E-state index contributed by atoms with van der Waals surface area (Å²) >= 11 is 0. The Morgan fingerprint density at radius 1 is 1.67 bits per heavy atom. The van der Waals surface area contributed by atoms with Crippen molar-refractivity contribution in [3.8, 4) is 12.3 Å². The zero-order chi connectivity index (χ0) is 9.61. The van der Waals surface area contributed by atoms with E-state index in [1.54, 1.807) is 6.08 Å². The number of hydrogen-bond acceptors (Lipinski definition) is 2. The van der Waals surface area contributed by atoms with Crippen LogP contribution in [0.3, 0.4) is 0 Å². The van der Waals surface area contributed by atoms with Gasteiger partial charge in [-0.1, -0.05) is 19.9 Å². The third-order valence-corrected chi connectivity index (χ3v) is 1.43. The lowest BCUT2D eigenvalue weighted by Gasteiger charge is -2.15. The normalized spacial score (nSPS) is 11.2. The van der Waals surface area contributed by atoms with Crippen molar-refractivity contribution >= 4 is 5.97 Å². The van der Waals surface area contributed by atoms with E-state index in [1.165, 1.54) is 13.2 Å². The van der Waals surface area contributed by atoms with Gasteiger partial charge in [0, 0.05) is 12.5 Å². The van der Waals surface area contributed by atoms with Crippen molar-refractivity contribution in [1.82, 2.24) is 0 Å². The van der Waals surface area contributed by atoms with E-state index in [0.717, 1.165) is 0 Å². The van der Waals surface area contributed by atoms with Crippen LogP contribution in [0.2, 0.25) is 0 Å². The zero-order valence-corrected chi connectivity index (χ0v) is 7.76. The van der Waals surface area contributed by atoms with E-state index in [0.29, 0.717) is 6.42 Å². The molecule has 0 aliphatic heterocycles. The fourth-order valence-corrected chi connectivity index (χ4v) is 0.684. The molecule has 0 aromatic heterocycles. The number of allylic oxidation sites excluding steroid dienone is 1. The van der Waals surface area contributed by atoms with Crippen LogP contribution in [0.4, 0.5) is 0 Å². The van der Waals surface area contributed by atoms with E-state index >= 15 is 0 Å². The van der Waals surface area contributed by atoms with Gasteiger partial charge in [0.25, 0.3) is 0 Å². The van der Waals surface area contributed by atoms with Crippen LogP contribution in [0.15, 0.2) is 12.2 Å². The maximum atomic E-state index is 10.7. The molecule has 0 spiro atoms. The molecule has 0 amide bonds. The molecule has 0 aromatic rings. The van der Waals surface area contributed by atoms with E-state index < -0.39 is 0 Å². The van der Waals surface area contributed by atoms with Crippen molar-refractivity contribution in [3.05, 3.63) is 12.2 Å². The first kappa shape index (κ1) is 10.8. The first-order valence-electron chi connectivity index (χ1n) is 3.72. The molecule has 0 bridgehead atoms. The molecule has 0 heterocycles. The highest BCUT2D eigenvalue weighted by Gasteiger charge is 2.11. The second-order valence-corrected chi connectivity index (χ2v) is 3.23. The maximum absolute atomic E-state index is 10.7. The van der Waals surface area contributed by atoms with Gasteiger partial charge in [0.1, 0.15) is 0 Å². The van der Waals surface area contributed by atoms with Crippen LogP contribution in [-0.4, -0.2) is 13.1 Å². The predicted molar refractivity (Wildman–Crippen MR) is 48.4 cm³/mol. The molecule has 66 valence electrons.